The number of aliphatic hydroxyl groups excluding tert-OH is 1. The number of carboxylic acid groups (broad SMARTS) is 2. The third-order valence-corrected chi connectivity index (χ3v) is 3.02. The van der Waals surface area contributed by atoms with Crippen LogP contribution in [-0.4, -0.2) is 58.3 Å². The number of carbonyl (C=O) groups is 4. The predicted molar refractivity (Wildman–Crippen MR) is 79.6 cm³/mol. The van der Waals surface area contributed by atoms with Crippen LogP contribution in [0.4, 0.5) is 0 Å². The number of amides is 2. The van der Waals surface area contributed by atoms with E-state index in [1.807, 2.05) is 0 Å². The first-order valence-electron chi connectivity index (χ1n) is 7.45. The Kier molecular flexibility index (Phi) is 11.2. The minimum atomic E-state index is -1.06. The average Bonchev–Trinajstić information content (AvgIpc) is 2.49. The quantitative estimate of drug-likeness (QED) is 0.284. The van der Waals surface area contributed by atoms with Crippen molar-refractivity contribution >= 4 is 23.8 Å². The van der Waals surface area contributed by atoms with Gasteiger partial charge in [-0.05, 0) is 19.3 Å². The van der Waals surface area contributed by atoms with E-state index >= 15 is 0 Å². The van der Waals surface area contributed by atoms with Gasteiger partial charge in [-0.15, -0.1) is 0 Å². The van der Waals surface area contributed by atoms with Crippen LogP contribution in [-0.2, 0) is 19.2 Å². The Labute approximate surface area is 134 Å². The molecule has 0 aromatic carbocycles. The molecule has 9 heteroatoms. The van der Waals surface area contributed by atoms with Crippen LogP contribution in [0.25, 0.3) is 0 Å². The van der Waals surface area contributed by atoms with Crippen LogP contribution in [0.15, 0.2) is 0 Å². The highest BCUT2D eigenvalue weighted by molar-refractivity contribution is 5.81. The summed E-state index contributed by atoms with van der Waals surface area (Å²) in [6.45, 7) is 0.146. The molecule has 0 aliphatic heterocycles. The summed E-state index contributed by atoms with van der Waals surface area (Å²) in [6.07, 6.45) is 1.11. The first kappa shape index (κ1) is 20.8. The van der Waals surface area contributed by atoms with Crippen molar-refractivity contribution in [3.8, 4) is 0 Å². The SMILES string of the molecule is O=C(O)CCC(=O)NCCCCC(CO)NC(=O)CCC(=O)O. The molecule has 0 aliphatic carbocycles. The zero-order valence-electron chi connectivity index (χ0n) is 12.9. The Morgan fingerprint density at radius 1 is 0.826 bits per heavy atom. The Bertz CT molecular complexity index is 412. The zero-order valence-corrected chi connectivity index (χ0v) is 12.9. The predicted octanol–water partition coefficient (Wildman–Crippen LogP) is -0.520. The van der Waals surface area contributed by atoms with Crippen LogP contribution in [0.2, 0.25) is 0 Å². The Morgan fingerprint density at radius 2 is 1.39 bits per heavy atom. The number of carbonyl (C=O) groups excluding carboxylic acids is 2. The van der Waals surface area contributed by atoms with Gasteiger partial charge in [0, 0.05) is 19.4 Å². The maximum Gasteiger partial charge on any atom is 0.303 e. The van der Waals surface area contributed by atoms with Crippen molar-refractivity contribution in [3.05, 3.63) is 0 Å². The molecule has 9 nitrogen and oxygen atoms in total. The van der Waals surface area contributed by atoms with Gasteiger partial charge in [0.1, 0.15) is 0 Å². The van der Waals surface area contributed by atoms with E-state index in [1.54, 1.807) is 0 Å². The summed E-state index contributed by atoms with van der Waals surface area (Å²) in [5.74, 6) is -2.83. The molecule has 0 aromatic heterocycles. The lowest BCUT2D eigenvalue weighted by atomic mass is 10.1. The van der Waals surface area contributed by atoms with Gasteiger partial charge in [-0.2, -0.15) is 0 Å². The minimum absolute atomic E-state index is 0.0613. The second-order valence-electron chi connectivity index (χ2n) is 5.08. The van der Waals surface area contributed by atoms with Crippen LogP contribution < -0.4 is 10.6 Å². The Hall–Kier alpha value is -2.16. The topological polar surface area (TPSA) is 153 Å². The standard InChI is InChI=1S/C14H24N2O7/c17-9-10(16-12(19)5-7-14(22)23)3-1-2-8-15-11(18)4-6-13(20)21/h10,17H,1-9H2,(H,15,18)(H,16,19)(H,20,21)(H,22,23). The van der Waals surface area contributed by atoms with Crippen LogP contribution in [0, 0.1) is 0 Å². The second-order valence-corrected chi connectivity index (χ2v) is 5.08. The fourth-order valence-corrected chi connectivity index (χ4v) is 1.78. The van der Waals surface area contributed by atoms with Crippen LogP contribution in [0.1, 0.15) is 44.9 Å². The number of aliphatic hydroxyl groups is 1. The van der Waals surface area contributed by atoms with Gasteiger partial charge in [-0.3, -0.25) is 19.2 Å². The van der Waals surface area contributed by atoms with Crippen LogP contribution in [0.5, 0.6) is 0 Å². The largest absolute Gasteiger partial charge is 0.481 e. The summed E-state index contributed by atoms with van der Waals surface area (Å²) in [5, 5.41) is 31.2. The molecule has 23 heavy (non-hydrogen) atoms. The lowest BCUT2D eigenvalue weighted by Gasteiger charge is -2.16. The highest BCUT2D eigenvalue weighted by Gasteiger charge is 2.12. The van der Waals surface area contributed by atoms with Gasteiger partial charge in [0.2, 0.25) is 11.8 Å². The first-order valence-corrected chi connectivity index (χ1v) is 7.45. The summed E-state index contributed by atoms with van der Waals surface area (Å²) in [5.41, 5.74) is 0. The van der Waals surface area contributed by atoms with Crippen molar-refractivity contribution < 1.29 is 34.5 Å². The molecule has 0 saturated heterocycles. The molecule has 0 saturated carbocycles. The second kappa shape index (κ2) is 12.4. The maximum atomic E-state index is 11.4. The number of aliphatic carboxylic acids is 2. The molecule has 0 radical (unpaired) electrons. The molecule has 0 spiro atoms. The maximum absolute atomic E-state index is 11.4. The smallest absolute Gasteiger partial charge is 0.303 e. The zero-order chi connectivity index (χ0) is 17.7. The number of hydrogen-bond acceptors (Lipinski definition) is 5. The summed E-state index contributed by atoms with van der Waals surface area (Å²) < 4.78 is 0. The van der Waals surface area contributed by atoms with Crippen molar-refractivity contribution in [1.82, 2.24) is 10.6 Å². The highest BCUT2D eigenvalue weighted by atomic mass is 16.4. The van der Waals surface area contributed by atoms with Gasteiger partial charge in [0.05, 0.1) is 25.5 Å². The van der Waals surface area contributed by atoms with Crippen LogP contribution >= 0.6 is 0 Å². The molecule has 0 bridgehead atoms. The molecule has 1 unspecified atom stereocenters. The molecular weight excluding hydrogens is 308 g/mol. The fourth-order valence-electron chi connectivity index (χ4n) is 1.78. The molecular formula is C14H24N2O7. The number of carboxylic acids is 2. The van der Waals surface area contributed by atoms with E-state index in [1.165, 1.54) is 0 Å². The van der Waals surface area contributed by atoms with Crippen molar-refractivity contribution in [2.45, 2.75) is 51.0 Å². The minimum Gasteiger partial charge on any atom is -0.481 e. The van der Waals surface area contributed by atoms with Gasteiger partial charge in [0.15, 0.2) is 0 Å². The fraction of sp³-hybridized carbons (Fsp3) is 0.714. The summed E-state index contributed by atoms with van der Waals surface area (Å²) in [4.78, 5) is 43.3. The molecule has 2 amide bonds. The van der Waals surface area contributed by atoms with Gasteiger partial charge in [-0.1, -0.05) is 0 Å². The molecule has 0 rings (SSSR count). The summed E-state index contributed by atoms with van der Waals surface area (Å²) >= 11 is 0. The van der Waals surface area contributed by atoms with E-state index in [0.29, 0.717) is 25.8 Å². The number of hydrogen-bond donors (Lipinski definition) is 5. The van der Waals surface area contributed by atoms with E-state index in [0.717, 1.165) is 0 Å². The molecule has 0 heterocycles. The van der Waals surface area contributed by atoms with E-state index in [-0.39, 0.29) is 38.2 Å². The van der Waals surface area contributed by atoms with Crippen molar-refractivity contribution in [2.75, 3.05) is 13.2 Å². The average molecular weight is 332 g/mol. The van der Waals surface area contributed by atoms with Crippen molar-refractivity contribution in [2.24, 2.45) is 0 Å². The normalized spacial score (nSPS) is 11.5. The van der Waals surface area contributed by atoms with Crippen molar-refractivity contribution in [1.29, 1.82) is 0 Å². The number of unbranched alkanes of at least 4 members (excludes halogenated alkanes) is 1. The Balaban J connectivity index is 3.75. The van der Waals surface area contributed by atoms with E-state index < -0.39 is 23.9 Å². The van der Waals surface area contributed by atoms with Crippen molar-refractivity contribution in [3.63, 3.8) is 0 Å². The number of rotatable bonds is 13. The van der Waals surface area contributed by atoms with E-state index in [4.69, 9.17) is 15.3 Å². The van der Waals surface area contributed by atoms with Crippen LogP contribution in [0.3, 0.4) is 0 Å². The monoisotopic (exact) mass is 332 g/mol. The molecule has 0 fully saturated rings. The van der Waals surface area contributed by atoms with Gasteiger partial charge in [0.25, 0.3) is 0 Å². The third kappa shape index (κ3) is 13.2. The third-order valence-electron chi connectivity index (χ3n) is 3.02. The molecule has 0 aromatic rings. The van der Waals surface area contributed by atoms with E-state index in [2.05, 4.69) is 10.6 Å². The summed E-state index contributed by atoms with van der Waals surface area (Å²) in [6, 6.07) is -0.445. The summed E-state index contributed by atoms with van der Waals surface area (Å²) in [7, 11) is 0. The molecule has 132 valence electrons. The molecule has 0 aliphatic rings. The molecule has 1 atom stereocenters. The van der Waals surface area contributed by atoms with E-state index in [9.17, 15) is 19.2 Å². The lowest BCUT2D eigenvalue weighted by Crippen LogP contribution is -2.37. The Morgan fingerprint density at radius 3 is 1.91 bits per heavy atom. The highest BCUT2D eigenvalue weighted by Crippen LogP contribution is 2.01. The van der Waals surface area contributed by atoms with Gasteiger partial charge < -0.3 is 26.0 Å². The molecule has 5 N–H and O–H groups in total. The van der Waals surface area contributed by atoms with Gasteiger partial charge in [-0.25, -0.2) is 0 Å². The van der Waals surface area contributed by atoms with Gasteiger partial charge >= 0.3 is 11.9 Å². The first-order chi connectivity index (χ1) is 10.8. The lowest BCUT2D eigenvalue weighted by molar-refractivity contribution is -0.139. The number of nitrogens with one attached hydrogen (secondary N) is 2.